The van der Waals surface area contributed by atoms with Crippen LogP contribution in [0.3, 0.4) is 0 Å². The van der Waals surface area contributed by atoms with Crippen LogP contribution in [0.4, 0.5) is 22.7 Å². The number of thiazole rings is 1. The molecule has 0 saturated heterocycles. The third-order valence-electron chi connectivity index (χ3n) is 4.13. The van der Waals surface area contributed by atoms with Gasteiger partial charge in [-0.25, -0.2) is 14.4 Å². The fourth-order valence-corrected chi connectivity index (χ4v) is 4.03. The van der Waals surface area contributed by atoms with Gasteiger partial charge in [-0.3, -0.25) is 9.65 Å². The van der Waals surface area contributed by atoms with Gasteiger partial charge in [0.25, 0.3) is 0 Å². The number of hydrogen-bond donors (Lipinski definition) is 2. The first kappa shape index (κ1) is 23.7. The molecule has 2 unspecified atom stereocenters. The minimum absolute atomic E-state index is 0.0121. The van der Waals surface area contributed by atoms with E-state index in [-0.39, 0.29) is 27.2 Å². The average Bonchev–Trinajstić information content (AvgIpc) is 3.09. The monoisotopic (exact) mass is 493 g/mol. The van der Waals surface area contributed by atoms with Crippen molar-refractivity contribution in [1.29, 1.82) is 0 Å². The summed E-state index contributed by atoms with van der Waals surface area (Å²) in [4.78, 5) is 12.7. The first-order valence-electron chi connectivity index (χ1n) is 8.86. The van der Waals surface area contributed by atoms with Crippen molar-refractivity contribution in [3.8, 4) is 11.3 Å². The maximum atomic E-state index is 14.0. The van der Waals surface area contributed by atoms with Crippen molar-refractivity contribution in [2.24, 2.45) is 0 Å². The minimum atomic E-state index is -4.70. The van der Waals surface area contributed by atoms with E-state index in [0.717, 1.165) is 23.5 Å². The number of anilines is 1. The van der Waals surface area contributed by atoms with Crippen molar-refractivity contribution < 1.29 is 22.7 Å². The number of benzene rings is 1. The molecule has 2 heterocycles. The molecule has 0 aliphatic carbocycles. The molecule has 0 radical (unpaired) electrons. The average molecular weight is 494 g/mol. The van der Waals surface area contributed by atoms with Gasteiger partial charge in [-0.15, -0.1) is 11.3 Å². The van der Waals surface area contributed by atoms with Gasteiger partial charge in [0.1, 0.15) is 16.7 Å². The summed E-state index contributed by atoms with van der Waals surface area (Å²) in [5.74, 6) is -1.02. The summed E-state index contributed by atoms with van der Waals surface area (Å²) < 4.78 is 55.3. The molecule has 13 heteroatoms. The quantitative estimate of drug-likeness (QED) is 0.270. The third-order valence-corrected chi connectivity index (χ3v) is 5.84. The number of rotatable bonds is 7. The molecule has 0 bridgehead atoms. The summed E-state index contributed by atoms with van der Waals surface area (Å²) in [5, 5.41) is 13.5. The molecule has 0 amide bonds. The number of nitrogens with one attached hydrogen (secondary N) is 1. The highest BCUT2D eigenvalue weighted by molar-refractivity contribution is 7.16. The van der Waals surface area contributed by atoms with Crippen LogP contribution in [0, 0.1) is 5.82 Å². The van der Waals surface area contributed by atoms with Crippen molar-refractivity contribution in [3.63, 3.8) is 0 Å². The maximum absolute atomic E-state index is 14.0. The Bertz CT molecular complexity index is 1050. The predicted molar refractivity (Wildman–Crippen MR) is 114 cm³/mol. The van der Waals surface area contributed by atoms with Crippen molar-refractivity contribution in [3.05, 3.63) is 57.7 Å². The standard InChI is InChI=1S/C18H17ClF4N5OPS/c1-2-28(30)8-13-15(9-3-10(18(21,22)23)5-11(20)4-9)26-17(31-13)27-16(29)12-6-25-14(19)7-24-12/h3-7,16,29H,2,8,30H2,1H3,(H,26,27). The van der Waals surface area contributed by atoms with Gasteiger partial charge in [-0.1, -0.05) is 27.9 Å². The molecule has 0 aliphatic rings. The lowest BCUT2D eigenvalue weighted by Gasteiger charge is -2.13. The number of aliphatic hydroxyl groups excluding tert-OH is 1. The molecule has 2 aromatic heterocycles. The van der Waals surface area contributed by atoms with Crippen molar-refractivity contribution in [1.82, 2.24) is 19.6 Å². The zero-order chi connectivity index (χ0) is 22.8. The van der Waals surface area contributed by atoms with Crippen LogP contribution >= 0.6 is 32.3 Å². The van der Waals surface area contributed by atoms with Gasteiger partial charge in [0.05, 0.1) is 23.7 Å². The second-order valence-corrected chi connectivity index (χ2v) is 8.59. The van der Waals surface area contributed by atoms with Gasteiger partial charge in [0.2, 0.25) is 0 Å². The summed E-state index contributed by atoms with van der Waals surface area (Å²) in [6.45, 7) is 2.88. The second kappa shape index (κ2) is 9.70. The Balaban J connectivity index is 1.98. The van der Waals surface area contributed by atoms with E-state index in [9.17, 15) is 22.7 Å². The number of aromatic nitrogens is 3. The van der Waals surface area contributed by atoms with Crippen LogP contribution in [0.15, 0.2) is 30.6 Å². The smallest absolute Gasteiger partial charge is 0.368 e. The molecule has 31 heavy (non-hydrogen) atoms. The molecule has 0 spiro atoms. The van der Waals surface area contributed by atoms with Gasteiger partial charge in [0.15, 0.2) is 11.4 Å². The lowest BCUT2D eigenvalue weighted by atomic mass is 10.1. The summed E-state index contributed by atoms with van der Waals surface area (Å²) >= 11 is 6.81. The molecule has 2 N–H and O–H groups in total. The van der Waals surface area contributed by atoms with Gasteiger partial charge >= 0.3 is 6.18 Å². The lowest BCUT2D eigenvalue weighted by molar-refractivity contribution is -0.137. The SMILES string of the molecule is CCN(P)Cc1sc(NC(O)c2cnc(Cl)cn2)nc1-c1cc(F)cc(C(F)(F)F)c1. The van der Waals surface area contributed by atoms with Crippen LogP contribution in [-0.2, 0) is 12.7 Å². The highest BCUT2D eigenvalue weighted by Crippen LogP contribution is 2.37. The van der Waals surface area contributed by atoms with Crippen molar-refractivity contribution in [2.45, 2.75) is 25.9 Å². The fraction of sp³-hybridized carbons (Fsp3) is 0.278. The lowest BCUT2D eigenvalue weighted by Crippen LogP contribution is -2.11. The van der Waals surface area contributed by atoms with Gasteiger partial charge in [-0.05, 0) is 24.7 Å². The van der Waals surface area contributed by atoms with Gasteiger partial charge in [-0.2, -0.15) is 13.2 Å². The van der Waals surface area contributed by atoms with E-state index in [2.05, 4.69) is 29.7 Å². The number of hydrogen-bond acceptors (Lipinski definition) is 7. The minimum Gasteiger partial charge on any atom is -0.368 e. The van der Waals surface area contributed by atoms with Crippen molar-refractivity contribution in [2.75, 3.05) is 11.9 Å². The Kier molecular flexibility index (Phi) is 7.43. The Morgan fingerprint density at radius 3 is 2.61 bits per heavy atom. The van der Waals surface area contributed by atoms with E-state index in [1.54, 1.807) is 0 Å². The summed E-state index contributed by atoms with van der Waals surface area (Å²) in [6.07, 6.45) is -3.44. The number of nitrogens with zero attached hydrogens (tertiary/aromatic N) is 4. The van der Waals surface area contributed by atoms with Gasteiger partial charge < -0.3 is 10.4 Å². The zero-order valence-electron chi connectivity index (χ0n) is 16.0. The first-order valence-corrected chi connectivity index (χ1v) is 10.6. The van der Waals surface area contributed by atoms with E-state index in [1.807, 2.05) is 11.6 Å². The molecule has 0 saturated carbocycles. The van der Waals surface area contributed by atoms with Crippen LogP contribution in [0.25, 0.3) is 11.3 Å². The topological polar surface area (TPSA) is 74.2 Å². The molecule has 6 nitrogen and oxygen atoms in total. The Morgan fingerprint density at radius 1 is 1.26 bits per heavy atom. The number of halogens is 5. The highest BCUT2D eigenvalue weighted by atomic mass is 35.5. The Morgan fingerprint density at radius 2 is 2.00 bits per heavy atom. The van der Waals surface area contributed by atoms with Crippen LogP contribution < -0.4 is 5.32 Å². The molecule has 3 aromatic rings. The molecule has 1 aromatic carbocycles. The number of alkyl halides is 3. The van der Waals surface area contributed by atoms with Gasteiger partial charge in [0, 0.05) is 17.0 Å². The second-order valence-electron chi connectivity index (χ2n) is 6.39. The van der Waals surface area contributed by atoms with E-state index in [0.29, 0.717) is 24.0 Å². The molecule has 0 aliphatic heterocycles. The van der Waals surface area contributed by atoms with E-state index in [1.165, 1.54) is 12.4 Å². The van der Waals surface area contributed by atoms with Crippen LogP contribution in [0.5, 0.6) is 0 Å². The molecule has 2 atom stereocenters. The largest absolute Gasteiger partial charge is 0.416 e. The predicted octanol–water partition coefficient (Wildman–Crippen LogP) is 5.13. The molecule has 0 fully saturated rings. The number of aliphatic hydroxyl groups is 1. The van der Waals surface area contributed by atoms with Crippen LogP contribution in [0.1, 0.15) is 29.3 Å². The van der Waals surface area contributed by atoms with Crippen LogP contribution in [-0.4, -0.2) is 31.3 Å². The van der Waals surface area contributed by atoms with E-state index in [4.69, 9.17) is 11.6 Å². The molecule has 3 rings (SSSR count). The Hall–Kier alpha value is -1.91. The summed E-state index contributed by atoms with van der Waals surface area (Å²) in [5.41, 5.74) is -0.755. The maximum Gasteiger partial charge on any atom is 0.416 e. The summed E-state index contributed by atoms with van der Waals surface area (Å²) in [6, 6.07) is 2.29. The normalized spacial score (nSPS) is 12.9. The zero-order valence-corrected chi connectivity index (χ0v) is 18.7. The molecular weight excluding hydrogens is 477 g/mol. The summed E-state index contributed by atoms with van der Waals surface area (Å²) in [7, 11) is 2.50. The molecular formula is C18H17ClF4N5OPS. The molecule has 166 valence electrons. The Labute approximate surface area is 186 Å². The fourth-order valence-electron chi connectivity index (χ4n) is 2.59. The van der Waals surface area contributed by atoms with E-state index < -0.39 is 23.8 Å². The van der Waals surface area contributed by atoms with Crippen LogP contribution in [0.2, 0.25) is 5.15 Å². The highest BCUT2D eigenvalue weighted by Gasteiger charge is 2.32. The van der Waals surface area contributed by atoms with E-state index >= 15 is 0 Å². The third kappa shape index (κ3) is 6.08. The first-order chi connectivity index (χ1) is 14.6. The van der Waals surface area contributed by atoms with Crippen molar-refractivity contribution >= 4 is 37.5 Å².